The second-order valence-electron chi connectivity index (χ2n) is 6.66. The van der Waals surface area contributed by atoms with E-state index < -0.39 is 5.92 Å². The molecule has 0 aromatic carbocycles. The molecule has 6 heteroatoms. The van der Waals surface area contributed by atoms with Gasteiger partial charge in [-0.1, -0.05) is 31.2 Å². The number of carbonyl (C=O) groups is 2. The maximum absolute atomic E-state index is 12.9. The second-order valence-corrected chi connectivity index (χ2v) is 8.56. The normalized spacial score (nSPS) is 11.9. The zero-order valence-corrected chi connectivity index (χ0v) is 17.4. The molecule has 144 valence electrons. The van der Waals surface area contributed by atoms with Crippen LogP contribution in [0.4, 0.5) is 0 Å². The zero-order chi connectivity index (χ0) is 20.2. The van der Waals surface area contributed by atoms with Crippen molar-refractivity contribution in [3.8, 4) is 21.1 Å². The van der Waals surface area contributed by atoms with Crippen LogP contribution >= 0.6 is 22.7 Å². The Morgan fingerprint density at radius 3 is 1.90 bits per heavy atom. The van der Waals surface area contributed by atoms with E-state index >= 15 is 0 Å². The van der Waals surface area contributed by atoms with Gasteiger partial charge >= 0.3 is 0 Å². The largest absolute Gasteiger partial charge is 0.292 e. The van der Waals surface area contributed by atoms with Crippen molar-refractivity contribution in [3.63, 3.8) is 0 Å². The number of rotatable bonds is 7. The Morgan fingerprint density at radius 1 is 0.793 bits per heavy atom. The third-order valence-electron chi connectivity index (χ3n) is 4.52. The van der Waals surface area contributed by atoms with Crippen LogP contribution in [0.1, 0.15) is 34.3 Å². The van der Waals surface area contributed by atoms with E-state index in [-0.39, 0.29) is 18.0 Å². The first-order valence-electron chi connectivity index (χ1n) is 9.21. The van der Waals surface area contributed by atoms with Crippen LogP contribution < -0.4 is 0 Å². The van der Waals surface area contributed by atoms with E-state index in [1.807, 2.05) is 59.3 Å². The molecule has 4 aromatic heterocycles. The minimum absolute atomic E-state index is 0.102. The lowest BCUT2D eigenvalue weighted by Crippen LogP contribution is -2.18. The summed E-state index contributed by atoms with van der Waals surface area (Å²) in [5.74, 6) is -0.745. The number of aromatic nitrogens is 2. The molecule has 0 saturated carbocycles. The number of hydrogen-bond donors (Lipinski definition) is 0. The number of Topliss-reactive ketones (excluding diaryl/α,β-unsaturated/α-hetero) is 2. The van der Waals surface area contributed by atoms with Gasteiger partial charge in [-0.3, -0.25) is 9.59 Å². The Hall–Kier alpha value is -2.96. The van der Waals surface area contributed by atoms with E-state index in [0.717, 1.165) is 21.1 Å². The van der Waals surface area contributed by atoms with Crippen molar-refractivity contribution in [3.05, 3.63) is 82.8 Å². The molecule has 0 amide bonds. The standard InChI is InChI=1S/C23H18N2O2S2/c1-15(23(27)19-9-3-8-18(25-19)22-11-5-13-29-22)14-20(26)16-6-2-7-17(24-16)21-10-4-12-28-21/h2-13,15H,14H2,1H3. The summed E-state index contributed by atoms with van der Waals surface area (Å²) in [6, 6.07) is 18.7. The van der Waals surface area contributed by atoms with E-state index in [9.17, 15) is 9.59 Å². The van der Waals surface area contributed by atoms with Gasteiger partial charge in [0.15, 0.2) is 11.6 Å². The van der Waals surface area contributed by atoms with Gasteiger partial charge in [-0.15, -0.1) is 22.7 Å². The average molecular weight is 419 g/mol. The van der Waals surface area contributed by atoms with Crippen LogP contribution in [0.25, 0.3) is 21.1 Å². The van der Waals surface area contributed by atoms with Crippen LogP contribution in [0.2, 0.25) is 0 Å². The predicted molar refractivity (Wildman–Crippen MR) is 118 cm³/mol. The highest BCUT2D eigenvalue weighted by molar-refractivity contribution is 7.13. The third-order valence-corrected chi connectivity index (χ3v) is 6.31. The number of pyridine rings is 2. The van der Waals surface area contributed by atoms with Crippen LogP contribution in [-0.2, 0) is 0 Å². The number of nitrogens with zero attached hydrogens (tertiary/aromatic N) is 2. The summed E-state index contributed by atoms with van der Waals surface area (Å²) in [5.41, 5.74) is 2.32. The topological polar surface area (TPSA) is 59.9 Å². The summed E-state index contributed by atoms with van der Waals surface area (Å²) in [5, 5.41) is 3.95. The quantitative estimate of drug-likeness (QED) is 0.344. The highest BCUT2D eigenvalue weighted by Crippen LogP contribution is 2.25. The highest BCUT2D eigenvalue weighted by Gasteiger charge is 2.22. The molecule has 0 spiro atoms. The molecule has 4 nitrogen and oxygen atoms in total. The summed E-state index contributed by atoms with van der Waals surface area (Å²) in [6.45, 7) is 1.77. The molecular weight excluding hydrogens is 400 g/mol. The SMILES string of the molecule is CC(CC(=O)c1cccc(-c2cccs2)n1)C(=O)c1cccc(-c2cccs2)n1. The molecule has 0 N–H and O–H groups in total. The molecule has 0 saturated heterocycles. The molecule has 0 bridgehead atoms. The second kappa shape index (κ2) is 8.59. The summed E-state index contributed by atoms with van der Waals surface area (Å²) in [7, 11) is 0. The van der Waals surface area contributed by atoms with E-state index in [0.29, 0.717) is 11.4 Å². The fourth-order valence-electron chi connectivity index (χ4n) is 3.01. The van der Waals surface area contributed by atoms with E-state index in [1.54, 1.807) is 41.7 Å². The molecule has 0 aliphatic heterocycles. The lowest BCUT2D eigenvalue weighted by atomic mass is 9.96. The van der Waals surface area contributed by atoms with Crippen molar-refractivity contribution < 1.29 is 9.59 Å². The molecule has 1 unspecified atom stereocenters. The lowest BCUT2D eigenvalue weighted by Gasteiger charge is -2.10. The highest BCUT2D eigenvalue weighted by atomic mass is 32.1. The van der Waals surface area contributed by atoms with Gasteiger partial charge in [0.25, 0.3) is 0 Å². The minimum Gasteiger partial charge on any atom is -0.292 e. The Balaban J connectivity index is 1.49. The molecule has 0 aliphatic rings. The van der Waals surface area contributed by atoms with Crippen molar-refractivity contribution in [2.24, 2.45) is 5.92 Å². The molecule has 4 heterocycles. The van der Waals surface area contributed by atoms with Gasteiger partial charge in [0.1, 0.15) is 11.4 Å². The average Bonchev–Trinajstić information content (AvgIpc) is 3.47. The first-order chi connectivity index (χ1) is 14.1. The molecule has 4 rings (SSSR count). The third kappa shape index (κ3) is 4.39. The maximum atomic E-state index is 12.9. The van der Waals surface area contributed by atoms with Gasteiger partial charge in [0.2, 0.25) is 0 Å². The van der Waals surface area contributed by atoms with Crippen LogP contribution in [-0.4, -0.2) is 21.5 Å². The molecule has 1 atom stereocenters. The van der Waals surface area contributed by atoms with Crippen molar-refractivity contribution in [1.29, 1.82) is 0 Å². The van der Waals surface area contributed by atoms with Crippen LogP contribution in [0, 0.1) is 5.92 Å². The van der Waals surface area contributed by atoms with Crippen LogP contribution in [0.5, 0.6) is 0 Å². The molecule has 0 fully saturated rings. The van der Waals surface area contributed by atoms with Gasteiger partial charge in [0, 0.05) is 12.3 Å². The molecule has 29 heavy (non-hydrogen) atoms. The maximum Gasteiger partial charge on any atom is 0.184 e. The van der Waals surface area contributed by atoms with Crippen molar-refractivity contribution in [1.82, 2.24) is 9.97 Å². The molecule has 4 aromatic rings. The van der Waals surface area contributed by atoms with E-state index in [4.69, 9.17) is 0 Å². The van der Waals surface area contributed by atoms with Crippen LogP contribution in [0.3, 0.4) is 0 Å². The van der Waals surface area contributed by atoms with E-state index in [1.165, 1.54) is 0 Å². The van der Waals surface area contributed by atoms with Gasteiger partial charge in [0.05, 0.1) is 21.1 Å². The summed E-state index contributed by atoms with van der Waals surface area (Å²) >= 11 is 3.15. The minimum atomic E-state index is -0.472. The van der Waals surface area contributed by atoms with Crippen molar-refractivity contribution in [2.45, 2.75) is 13.3 Å². The number of ketones is 2. The Morgan fingerprint density at radius 2 is 1.34 bits per heavy atom. The smallest absolute Gasteiger partial charge is 0.184 e. The monoisotopic (exact) mass is 418 g/mol. The first kappa shape index (κ1) is 19.4. The predicted octanol–water partition coefficient (Wildman–Crippen LogP) is 6.03. The van der Waals surface area contributed by atoms with Crippen molar-refractivity contribution in [2.75, 3.05) is 0 Å². The van der Waals surface area contributed by atoms with Gasteiger partial charge in [-0.05, 0) is 47.2 Å². The zero-order valence-electron chi connectivity index (χ0n) is 15.7. The molecular formula is C23H18N2O2S2. The molecule has 0 aliphatic carbocycles. The summed E-state index contributed by atoms with van der Waals surface area (Å²) in [6.07, 6.45) is 0.102. The Labute approximate surface area is 176 Å². The number of thiophene rings is 2. The van der Waals surface area contributed by atoms with E-state index in [2.05, 4.69) is 9.97 Å². The molecule has 0 radical (unpaired) electrons. The van der Waals surface area contributed by atoms with Gasteiger partial charge in [-0.25, -0.2) is 9.97 Å². The van der Waals surface area contributed by atoms with Crippen LogP contribution in [0.15, 0.2) is 71.4 Å². The fraction of sp³-hybridized carbons (Fsp3) is 0.130. The Kier molecular flexibility index (Phi) is 5.74. The lowest BCUT2D eigenvalue weighted by molar-refractivity contribution is 0.0858. The fourth-order valence-corrected chi connectivity index (χ4v) is 4.40. The summed E-state index contributed by atoms with van der Waals surface area (Å²) in [4.78, 5) is 36.6. The summed E-state index contributed by atoms with van der Waals surface area (Å²) < 4.78 is 0. The first-order valence-corrected chi connectivity index (χ1v) is 11.0. The number of carbonyl (C=O) groups excluding carboxylic acids is 2. The van der Waals surface area contributed by atoms with Gasteiger partial charge in [-0.2, -0.15) is 0 Å². The Bertz CT molecular complexity index is 1140. The van der Waals surface area contributed by atoms with Gasteiger partial charge < -0.3 is 0 Å². The van der Waals surface area contributed by atoms with Crippen molar-refractivity contribution >= 4 is 34.2 Å². The number of hydrogen-bond acceptors (Lipinski definition) is 6.